The van der Waals surface area contributed by atoms with E-state index in [4.69, 9.17) is 0 Å². The van der Waals surface area contributed by atoms with Crippen LogP contribution in [-0.4, -0.2) is 50.3 Å². The molecule has 0 saturated heterocycles. The zero-order valence-electron chi connectivity index (χ0n) is 18.4. The zero-order valence-corrected chi connectivity index (χ0v) is 19.2. The lowest BCUT2D eigenvalue weighted by Gasteiger charge is -2.22. The summed E-state index contributed by atoms with van der Waals surface area (Å²) < 4.78 is 14.1. The predicted octanol–water partition coefficient (Wildman–Crippen LogP) is 4.50. The van der Waals surface area contributed by atoms with Gasteiger partial charge in [-0.05, 0) is 51.5 Å². The van der Waals surface area contributed by atoms with Gasteiger partial charge in [-0.3, -0.25) is 9.78 Å². The summed E-state index contributed by atoms with van der Waals surface area (Å²) in [6.07, 6.45) is 0.230. The molecule has 4 N–H and O–H groups in total. The number of carbonyl (C=O) groups is 1. The number of nitrogens with one attached hydrogen (secondary N) is 3. The van der Waals surface area contributed by atoms with Gasteiger partial charge in [0.05, 0.1) is 39.3 Å². The Morgan fingerprint density at radius 1 is 1.31 bits per heavy atom. The Balaban J connectivity index is 1.75. The third-order valence-corrected chi connectivity index (χ3v) is 5.98. The van der Waals surface area contributed by atoms with Crippen molar-refractivity contribution < 1.29 is 14.3 Å². The van der Waals surface area contributed by atoms with Crippen molar-refractivity contribution in [2.24, 2.45) is 0 Å². The quantitative estimate of drug-likeness (QED) is 0.329. The molecule has 0 aliphatic heterocycles. The Morgan fingerprint density at radius 2 is 2.09 bits per heavy atom. The monoisotopic (exact) mass is 455 g/mol. The molecule has 1 unspecified atom stereocenters. The fourth-order valence-corrected chi connectivity index (χ4v) is 4.05. The molecule has 0 saturated carbocycles. The molecule has 1 amide bonds. The number of hydrogen-bond acceptors (Lipinski definition) is 6. The van der Waals surface area contributed by atoms with Crippen molar-refractivity contribution in [2.75, 3.05) is 11.9 Å². The van der Waals surface area contributed by atoms with E-state index in [1.807, 2.05) is 38.2 Å². The van der Waals surface area contributed by atoms with Crippen molar-refractivity contribution in [3.05, 3.63) is 41.7 Å². The Morgan fingerprint density at radius 3 is 2.75 bits per heavy atom. The molecule has 168 valence electrons. The summed E-state index contributed by atoms with van der Waals surface area (Å²) in [5.74, 6) is -0.499. The number of carbonyl (C=O) groups excluding carboxylic acids is 1. The normalized spacial score (nSPS) is 13.1. The van der Waals surface area contributed by atoms with Crippen molar-refractivity contribution in [2.45, 2.75) is 45.5 Å². The third kappa shape index (κ3) is 4.44. The van der Waals surface area contributed by atoms with Crippen molar-refractivity contribution >= 4 is 44.9 Å². The van der Waals surface area contributed by atoms with Gasteiger partial charge in [0.1, 0.15) is 11.9 Å². The molecule has 0 spiro atoms. The van der Waals surface area contributed by atoms with Crippen molar-refractivity contribution in [1.29, 1.82) is 0 Å². The summed E-state index contributed by atoms with van der Waals surface area (Å²) in [6.45, 7) is 6.44. The van der Waals surface area contributed by atoms with Gasteiger partial charge in [-0.15, -0.1) is 11.3 Å². The Bertz CT molecular complexity index is 1260. The number of aliphatic hydroxyl groups is 1. The lowest BCUT2D eigenvalue weighted by atomic mass is 10.0. The number of H-pyrrole nitrogens is 1. The van der Waals surface area contributed by atoms with E-state index < -0.39 is 17.7 Å². The third-order valence-electron chi connectivity index (χ3n) is 5.16. The summed E-state index contributed by atoms with van der Waals surface area (Å²) in [5, 5.41) is 16.6. The van der Waals surface area contributed by atoms with E-state index in [-0.39, 0.29) is 18.3 Å². The van der Waals surface area contributed by atoms with Gasteiger partial charge in [0.2, 0.25) is 0 Å². The van der Waals surface area contributed by atoms with Crippen LogP contribution in [0.2, 0.25) is 0 Å². The minimum absolute atomic E-state index is 0.126. The number of nitrogens with zero attached hydrogens (tertiary/aromatic N) is 2. The highest BCUT2D eigenvalue weighted by Gasteiger charge is 2.27. The molecule has 0 radical (unpaired) electrons. The summed E-state index contributed by atoms with van der Waals surface area (Å²) >= 11 is 1.56. The first-order valence-electron chi connectivity index (χ1n) is 10.4. The van der Waals surface area contributed by atoms with Crippen molar-refractivity contribution in [1.82, 2.24) is 20.3 Å². The van der Waals surface area contributed by atoms with E-state index in [9.17, 15) is 14.3 Å². The first-order chi connectivity index (χ1) is 15.1. The smallest absolute Gasteiger partial charge is 0.270 e. The van der Waals surface area contributed by atoms with E-state index in [1.54, 1.807) is 22.9 Å². The minimum atomic E-state index is -1.60. The molecule has 7 nitrogen and oxygen atoms in total. The van der Waals surface area contributed by atoms with Gasteiger partial charge in [-0.2, -0.15) is 0 Å². The highest BCUT2D eigenvalue weighted by molar-refractivity contribution is 7.13. The van der Waals surface area contributed by atoms with E-state index in [1.165, 1.54) is 13.8 Å². The standard InChI is InChI=1S/C23H26FN5O2S/c1-12(2)27-16-8-17(22(30)26-10-19(24)23(3,4)31)29-20-14-6-5-13(18-9-25-11-32-18)7-15(14)28-21(16)20/h5-9,11-12,19,28,31H,10H2,1-4H3,(H,26,30)(H,27,29). The number of thiazole rings is 1. The van der Waals surface area contributed by atoms with Crippen molar-refractivity contribution in [3.8, 4) is 10.4 Å². The van der Waals surface area contributed by atoms with Crippen LogP contribution in [-0.2, 0) is 0 Å². The lowest BCUT2D eigenvalue weighted by Crippen LogP contribution is -2.42. The topological polar surface area (TPSA) is 103 Å². The maximum absolute atomic E-state index is 14.1. The van der Waals surface area contributed by atoms with Crippen LogP contribution in [0.5, 0.6) is 0 Å². The Labute approximate surface area is 189 Å². The number of aromatic amines is 1. The molecule has 0 fully saturated rings. The number of rotatable bonds is 7. The number of pyridine rings is 1. The second-order valence-corrected chi connectivity index (χ2v) is 9.55. The number of amides is 1. The molecular formula is C23H26FN5O2S. The van der Waals surface area contributed by atoms with Gasteiger partial charge < -0.3 is 20.7 Å². The molecule has 4 rings (SSSR count). The molecule has 9 heteroatoms. The average molecular weight is 456 g/mol. The molecule has 3 aromatic heterocycles. The average Bonchev–Trinajstić information content (AvgIpc) is 3.38. The largest absolute Gasteiger partial charge is 0.387 e. The van der Waals surface area contributed by atoms with Gasteiger partial charge >= 0.3 is 0 Å². The maximum Gasteiger partial charge on any atom is 0.270 e. The highest BCUT2D eigenvalue weighted by Crippen LogP contribution is 2.33. The molecule has 0 bridgehead atoms. The zero-order chi connectivity index (χ0) is 23.0. The SMILES string of the molecule is CC(C)Nc1cc(C(=O)NCC(F)C(C)(C)O)nc2c1[nH]c1cc(-c3cncs3)ccc12. The number of fused-ring (bicyclic) bond motifs is 3. The van der Waals surface area contributed by atoms with Crippen LogP contribution < -0.4 is 10.6 Å². The van der Waals surface area contributed by atoms with Gasteiger partial charge in [0.15, 0.2) is 0 Å². The van der Waals surface area contributed by atoms with Gasteiger partial charge in [0.25, 0.3) is 5.91 Å². The van der Waals surface area contributed by atoms with Crippen LogP contribution in [0.25, 0.3) is 32.4 Å². The Kier molecular flexibility index (Phi) is 5.87. The fraction of sp³-hybridized carbons (Fsp3) is 0.348. The number of benzene rings is 1. The molecule has 4 aromatic rings. The number of hydrogen-bond donors (Lipinski definition) is 4. The van der Waals surface area contributed by atoms with E-state index in [0.717, 1.165) is 32.5 Å². The lowest BCUT2D eigenvalue weighted by molar-refractivity contribution is -0.00179. The molecule has 0 aliphatic rings. The van der Waals surface area contributed by atoms with Crippen LogP contribution in [0.4, 0.5) is 10.1 Å². The Hall–Kier alpha value is -3.04. The first kappa shape index (κ1) is 22.2. The molecule has 32 heavy (non-hydrogen) atoms. The van der Waals surface area contributed by atoms with Crippen LogP contribution in [0, 0.1) is 0 Å². The van der Waals surface area contributed by atoms with Crippen LogP contribution in [0.15, 0.2) is 36.0 Å². The van der Waals surface area contributed by atoms with Crippen LogP contribution in [0.3, 0.4) is 0 Å². The fourth-order valence-electron chi connectivity index (χ4n) is 3.43. The van der Waals surface area contributed by atoms with Crippen LogP contribution in [0.1, 0.15) is 38.2 Å². The maximum atomic E-state index is 14.1. The van der Waals surface area contributed by atoms with E-state index in [0.29, 0.717) is 5.52 Å². The number of anilines is 1. The molecule has 0 aliphatic carbocycles. The second kappa shape index (κ2) is 8.48. The van der Waals surface area contributed by atoms with Gasteiger partial charge in [-0.1, -0.05) is 6.07 Å². The molecular weight excluding hydrogens is 429 g/mol. The van der Waals surface area contributed by atoms with Crippen LogP contribution >= 0.6 is 11.3 Å². The van der Waals surface area contributed by atoms with Crippen molar-refractivity contribution in [3.63, 3.8) is 0 Å². The minimum Gasteiger partial charge on any atom is -0.387 e. The second-order valence-electron chi connectivity index (χ2n) is 8.66. The molecule has 1 atom stereocenters. The predicted molar refractivity (Wildman–Crippen MR) is 127 cm³/mol. The number of aromatic nitrogens is 3. The summed E-state index contributed by atoms with van der Waals surface area (Å²) in [7, 11) is 0. The van der Waals surface area contributed by atoms with Gasteiger partial charge in [0, 0.05) is 23.1 Å². The number of alkyl halides is 1. The first-order valence-corrected chi connectivity index (χ1v) is 11.3. The summed E-state index contributed by atoms with van der Waals surface area (Å²) in [5.41, 5.74) is 4.57. The summed E-state index contributed by atoms with van der Waals surface area (Å²) in [4.78, 5) is 26.0. The molecule has 3 heterocycles. The van der Waals surface area contributed by atoms with E-state index in [2.05, 4.69) is 25.6 Å². The number of halogens is 1. The summed E-state index contributed by atoms with van der Waals surface area (Å²) in [6, 6.07) is 7.81. The van der Waals surface area contributed by atoms with Gasteiger partial charge in [-0.25, -0.2) is 9.37 Å². The molecule has 1 aromatic carbocycles. The van der Waals surface area contributed by atoms with E-state index >= 15 is 0 Å². The highest BCUT2D eigenvalue weighted by atomic mass is 32.1.